The average Bonchev–Trinajstić information content (AvgIpc) is 3.96. The van der Waals surface area contributed by atoms with Crippen LogP contribution in [0.3, 0.4) is 0 Å². The van der Waals surface area contributed by atoms with Crippen molar-refractivity contribution >= 4 is 0 Å². The Balaban J connectivity index is -0.000000331. The Hall–Kier alpha value is -3.12. The van der Waals surface area contributed by atoms with Gasteiger partial charge in [-0.2, -0.15) is 0 Å². The molecule has 0 atom stereocenters. The normalized spacial score (nSPS) is 13.2. The number of fused-ring (bicyclic) bond motifs is 4. The van der Waals surface area contributed by atoms with Crippen LogP contribution >= 0.6 is 0 Å². The quantitative estimate of drug-likeness (QED) is 0.165. The third-order valence-electron chi connectivity index (χ3n) is 8.54. The van der Waals surface area contributed by atoms with Crippen LogP contribution < -0.4 is 0 Å². The van der Waals surface area contributed by atoms with Gasteiger partial charge < -0.3 is 0 Å². The van der Waals surface area contributed by atoms with Crippen LogP contribution in [-0.2, 0) is 51.4 Å². The van der Waals surface area contributed by atoms with E-state index in [4.69, 9.17) is 0 Å². The van der Waals surface area contributed by atoms with Crippen LogP contribution in [0.5, 0.6) is 0 Å². The molecule has 0 nitrogen and oxygen atoms in total. The number of benzene rings is 4. The van der Waals surface area contributed by atoms with Crippen LogP contribution in [0.25, 0.3) is 0 Å². The molecule has 0 aromatic heterocycles. The highest BCUT2D eigenvalue weighted by molar-refractivity contribution is 5.32. The van der Waals surface area contributed by atoms with Crippen LogP contribution in [0.4, 0.5) is 0 Å². The van der Waals surface area contributed by atoms with E-state index < -0.39 is 0 Å². The van der Waals surface area contributed by atoms with Gasteiger partial charge in [0.15, 0.2) is 0 Å². The minimum absolute atomic E-state index is 0.500. The summed E-state index contributed by atoms with van der Waals surface area (Å²) in [5.41, 5.74) is 14.6. The van der Waals surface area contributed by atoms with E-state index in [2.05, 4.69) is 208 Å². The summed E-state index contributed by atoms with van der Waals surface area (Å²) in [5, 5.41) is 0. The monoisotopic (exact) mass is 909 g/mol. The van der Waals surface area contributed by atoms with Crippen molar-refractivity contribution in [1.29, 1.82) is 0 Å². The summed E-state index contributed by atoms with van der Waals surface area (Å²) < 4.78 is 0. The zero-order valence-corrected chi connectivity index (χ0v) is 49.1. The summed E-state index contributed by atoms with van der Waals surface area (Å²) in [6.07, 6.45) is 18.7. The lowest BCUT2D eigenvalue weighted by molar-refractivity contribution is 0.469. The van der Waals surface area contributed by atoms with Gasteiger partial charge in [-0.15, -0.1) is 0 Å². The number of hydrogen-bond donors (Lipinski definition) is 0. The van der Waals surface area contributed by atoms with Crippen molar-refractivity contribution in [3.63, 3.8) is 0 Å². The first kappa shape index (κ1) is 69.5. The van der Waals surface area contributed by atoms with E-state index in [1.165, 1.54) is 89.9 Å². The summed E-state index contributed by atoms with van der Waals surface area (Å²) in [7, 11) is 0. The molecule has 0 saturated carbocycles. The van der Waals surface area contributed by atoms with Gasteiger partial charge in [0.05, 0.1) is 0 Å². The molecule has 4 aliphatic rings. The van der Waals surface area contributed by atoms with Crippen LogP contribution in [0, 0.1) is 21.7 Å². The lowest BCUT2D eigenvalue weighted by Crippen LogP contribution is -2.00. The second kappa shape index (κ2) is 40.9. The summed E-state index contributed by atoms with van der Waals surface area (Å²) in [6.45, 7) is 51.0. The maximum absolute atomic E-state index is 2.26. The molecule has 0 bridgehead atoms. The molecule has 66 heavy (non-hydrogen) atoms. The molecule has 0 heteroatoms. The van der Waals surface area contributed by atoms with Gasteiger partial charge in [-0.25, -0.2) is 0 Å². The minimum atomic E-state index is 0.500. The van der Waals surface area contributed by atoms with E-state index in [1.807, 2.05) is 55.4 Å². The lowest BCUT2D eigenvalue weighted by Gasteiger charge is -2.13. The Labute approximate surface area is 417 Å². The molecule has 4 aliphatic carbocycles. The first-order valence-electron chi connectivity index (χ1n) is 27.1. The summed E-state index contributed by atoms with van der Waals surface area (Å²) in [5.74, 6) is 0. The van der Waals surface area contributed by atoms with Crippen LogP contribution in [0.1, 0.15) is 249 Å². The second-order valence-electron chi connectivity index (χ2n) is 23.2. The fourth-order valence-corrected chi connectivity index (χ4v) is 6.38. The summed E-state index contributed by atoms with van der Waals surface area (Å²) >= 11 is 0. The fraction of sp³-hybridized carbons (Fsp3) is 0.636. The highest BCUT2D eigenvalue weighted by Crippen LogP contribution is 2.23. The van der Waals surface area contributed by atoms with Crippen molar-refractivity contribution in [3.05, 3.63) is 142 Å². The molecule has 0 amide bonds. The Morgan fingerprint density at radius 2 is 0.288 bits per heavy atom. The third kappa shape index (κ3) is 48.8. The highest BCUT2D eigenvalue weighted by atomic mass is 14.1. The Morgan fingerprint density at radius 3 is 0.394 bits per heavy atom. The van der Waals surface area contributed by atoms with Crippen LogP contribution in [0.2, 0.25) is 0 Å². The van der Waals surface area contributed by atoms with Crippen molar-refractivity contribution in [1.82, 2.24) is 0 Å². The first-order chi connectivity index (χ1) is 30.9. The standard InChI is InChI=1S/2C10H12.2C9H10.4C5H12.4C2H6/c2*1-2-6-10-8-4-3-7-9(10)5-1;2*1-2-5-9-7-3-6-8(9)4-1;4*1-5(2,3)4;4*1-2/h2*1-2,5-6H,3-4,7-8H2;2*1-2,4-5H,3,6-7H2;4*1-4H3;4*1-2H3. The molecule has 380 valence electrons. The van der Waals surface area contributed by atoms with Crippen LogP contribution in [-0.4, -0.2) is 0 Å². The number of aryl methyl sites for hydroxylation is 8. The molecule has 0 unspecified atom stereocenters. The molecule has 4 aromatic carbocycles. The van der Waals surface area contributed by atoms with E-state index in [9.17, 15) is 0 Å². The molecule has 8 rings (SSSR count). The maximum Gasteiger partial charge on any atom is -0.0273 e. The molecule has 0 saturated heterocycles. The molecule has 0 heterocycles. The lowest BCUT2D eigenvalue weighted by atomic mass is 9.92. The minimum Gasteiger partial charge on any atom is -0.0683 e. The van der Waals surface area contributed by atoms with Crippen molar-refractivity contribution in [2.45, 2.75) is 256 Å². The Kier molecular flexibility index (Phi) is 43.0. The number of rotatable bonds is 0. The van der Waals surface area contributed by atoms with E-state index in [0.717, 1.165) is 0 Å². The van der Waals surface area contributed by atoms with E-state index >= 15 is 0 Å². The second-order valence-corrected chi connectivity index (χ2v) is 23.2. The molecule has 4 aromatic rings. The van der Waals surface area contributed by atoms with Crippen LogP contribution in [0.15, 0.2) is 97.1 Å². The SMILES string of the molecule is CC.CC.CC.CC.CC(C)(C)C.CC(C)(C)C.CC(C)(C)C.CC(C)(C)C.c1ccc2c(c1)CCC2.c1ccc2c(c1)CCC2.c1ccc2c(c1)CCCC2.c1ccc2c(c1)CCCC2. The highest BCUT2D eigenvalue weighted by Gasteiger charge is 2.09. The van der Waals surface area contributed by atoms with Gasteiger partial charge >= 0.3 is 0 Å². The van der Waals surface area contributed by atoms with Gasteiger partial charge in [-0.3, -0.25) is 0 Å². The van der Waals surface area contributed by atoms with Gasteiger partial charge in [-0.1, -0.05) is 263 Å². The average molecular weight is 910 g/mol. The van der Waals surface area contributed by atoms with Gasteiger partial charge in [-0.05, 0) is 156 Å². The summed E-state index contributed by atoms with van der Waals surface area (Å²) in [4.78, 5) is 0. The Morgan fingerprint density at radius 1 is 0.197 bits per heavy atom. The molecular weight excluding hydrogens is 793 g/mol. The smallest absolute Gasteiger partial charge is 0.0273 e. The topological polar surface area (TPSA) is 0 Å². The van der Waals surface area contributed by atoms with Crippen molar-refractivity contribution < 1.29 is 0 Å². The molecule has 0 radical (unpaired) electrons. The van der Waals surface area contributed by atoms with Crippen molar-refractivity contribution in [3.8, 4) is 0 Å². The van der Waals surface area contributed by atoms with E-state index in [0.29, 0.717) is 21.7 Å². The molecule has 0 fully saturated rings. The van der Waals surface area contributed by atoms with E-state index in [1.54, 1.807) is 44.5 Å². The van der Waals surface area contributed by atoms with E-state index in [-0.39, 0.29) is 0 Å². The fourth-order valence-electron chi connectivity index (χ4n) is 6.38. The van der Waals surface area contributed by atoms with Gasteiger partial charge in [0, 0.05) is 0 Å². The maximum atomic E-state index is 2.26. The van der Waals surface area contributed by atoms with Gasteiger partial charge in [0.25, 0.3) is 0 Å². The van der Waals surface area contributed by atoms with Gasteiger partial charge in [0.1, 0.15) is 0 Å². The van der Waals surface area contributed by atoms with Gasteiger partial charge in [0.2, 0.25) is 0 Å². The Bertz CT molecular complexity index is 1370. The third-order valence-corrected chi connectivity index (χ3v) is 8.54. The largest absolute Gasteiger partial charge is 0.0683 e. The molecular formula is C66H116. The summed E-state index contributed by atoms with van der Waals surface area (Å²) in [6, 6.07) is 35.1. The first-order valence-corrected chi connectivity index (χ1v) is 27.1. The molecule has 0 spiro atoms. The van der Waals surface area contributed by atoms with Crippen molar-refractivity contribution in [2.24, 2.45) is 21.7 Å². The predicted octanol–water partition coefficient (Wildman–Crippen LogP) is 21.8. The zero-order valence-electron chi connectivity index (χ0n) is 49.1. The van der Waals surface area contributed by atoms with Crippen molar-refractivity contribution in [2.75, 3.05) is 0 Å². The molecule has 0 N–H and O–H groups in total. The predicted molar refractivity (Wildman–Crippen MR) is 309 cm³/mol. The number of hydrogen-bond acceptors (Lipinski definition) is 0. The zero-order chi connectivity index (χ0) is 51.8. The molecule has 0 aliphatic heterocycles.